The number of para-hydroxylation sites is 1. The second-order valence-electron chi connectivity index (χ2n) is 8.27. The number of Topliss-reactive ketones (excluding diaryl/α,β-unsaturated/α-hetero) is 1. The Labute approximate surface area is 200 Å². The first-order valence-corrected chi connectivity index (χ1v) is 11.1. The van der Waals surface area contributed by atoms with Crippen molar-refractivity contribution in [3.63, 3.8) is 0 Å². The van der Waals surface area contributed by atoms with Gasteiger partial charge in [-0.2, -0.15) is 0 Å². The molecule has 0 aliphatic carbocycles. The summed E-state index contributed by atoms with van der Waals surface area (Å²) in [6, 6.07) is 21.1. The van der Waals surface area contributed by atoms with Crippen LogP contribution >= 0.6 is 0 Å². The van der Waals surface area contributed by atoms with Gasteiger partial charge in [0.15, 0.2) is 22.9 Å². The van der Waals surface area contributed by atoms with Crippen LogP contribution in [0.2, 0.25) is 0 Å². The molecule has 1 N–H and O–H groups in total. The van der Waals surface area contributed by atoms with Gasteiger partial charge in [-0.15, -0.1) is 0 Å². The Bertz CT molecular complexity index is 1440. The normalized spacial score (nSPS) is 15.8. The van der Waals surface area contributed by atoms with Gasteiger partial charge in [0.2, 0.25) is 5.78 Å². The fourth-order valence-corrected chi connectivity index (χ4v) is 4.44. The number of aliphatic hydroxyl groups is 1. The van der Waals surface area contributed by atoms with E-state index in [2.05, 4.69) is 0 Å². The fourth-order valence-electron chi connectivity index (χ4n) is 4.44. The first-order valence-electron chi connectivity index (χ1n) is 11.1. The molecule has 6 nitrogen and oxygen atoms in total. The number of ketones is 1. The average Bonchev–Trinajstić information content (AvgIpc) is 3.43. The van der Waals surface area contributed by atoms with Crippen molar-refractivity contribution in [1.29, 1.82) is 0 Å². The van der Waals surface area contributed by atoms with Crippen molar-refractivity contribution >= 4 is 22.7 Å². The molecule has 1 amide bonds. The van der Waals surface area contributed by atoms with Gasteiger partial charge in [0, 0.05) is 11.9 Å². The van der Waals surface area contributed by atoms with E-state index in [4.69, 9.17) is 9.15 Å². The molecule has 0 fully saturated rings. The van der Waals surface area contributed by atoms with Crippen LogP contribution in [0.15, 0.2) is 94.6 Å². The molecule has 3 aromatic carbocycles. The van der Waals surface area contributed by atoms with Crippen LogP contribution in [-0.2, 0) is 11.2 Å². The Morgan fingerprint density at radius 2 is 1.80 bits per heavy atom. The Morgan fingerprint density at radius 1 is 1.06 bits per heavy atom. The van der Waals surface area contributed by atoms with E-state index in [0.717, 1.165) is 5.56 Å². The summed E-state index contributed by atoms with van der Waals surface area (Å²) in [6.45, 7) is 0.221. The average molecular weight is 471 g/mol. The van der Waals surface area contributed by atoms with E-state index in [1.807, 2.05) is 18.2 Å². The summed E-state index contributed by atoms with van der Waals surface area (Å²) in [6.07, 6.45) is 0.423. The first kappa shape index (κ1) is 22.4. The van der Waals surface area contributed by atoms with Crippen molar-refractivity contribution in [3.8, 4) is 5.75 Å². The smallest absolute Gasteiger partial charge is 0.290 e. The zero-order chi connectivity index (χ0) is 24.5. The third-order valence-corrected chi connectivity index (χ3v) is 6.17. The zero-order valence-electron chi connectivity index (χ0n) is 18.9. The molecule has 176 valence electrons. The number of furan rings is 1. The van der Waals surface area contributed by atoms with E-state index in [1.165, 1.54) is 24.1 Å². The Balaban J connectivity index is 1.52. The van der Waals surface area contributed by atoms with Crippen LogP contribution in [0.1, 0.15) is 27.7 Å². The molecule has 4 aromatic rings. The van der Waals surface area contributed by atoms with Crippen LogP contribution < -0.4 is 4.74 Å². The summed E-state index contributed by atoms with van der Waals surface area (Å²) >= 11 is 0. The molecule has 1 aliphatic rings. The minimum atomic E-state index is -0.799. The molecule has 0 spiro atoms. The summed E-state index contributed by atoms with van der Waals surface area (Å²) in [5.74, 6) is -1.69. The summed E-state index contributed by atoms with van der Waals surface area (Å²) in [5, 5.41) is 11.5. The quantitative estimate of drug-likeness (QED) is 0.365. The number of aliphatic hydroxyl groups excluding tert-OH is 1. The first-order chi connectivity index (χ1) is 17.0. The second kappa shape index (κ2) is 9.10. The lowest BCUT2D eigenvalue weighted by molar-refractivity contribution is -0.129. The second-order valence-corrected chi connectivity index (χ2v) is 8.27. The standard InChI is InChI=1S/C28H22FNO5/c1-34-21-9-5-8-19-16-22(35-27(19)21)25(31)23-24(18-6-3-2-4-7-18)30(28(33)26(23)32)15-14-17-10-12-20(29)13-11-17/h2-13,16,24,32H,14-15H2,1H3. The number of carbonyl (C=O) groups excluding carboxylic acids is 2. The number of benzene rings is 3. The Morgan fingerprint density at radius 3 is 2.51 bits per heavy atom. The highest BCUT2D eigenvalue weighted by Gasteiger charge is 2.44. The maximum absolute atomic E-state index is 13.6. The minimum Gasteiger partial charge on any atom is -0.503 e. The van der Waals surface area contributed by atoms with E-state index in [9.17, 15) is 19.1 Å². The van der Waals surface area contributed by atoms with Crippen LogP contribution in [0.4, 0.5) is 4.39 Å². The molecular formula is C28H22FNO5. The third kappa shape index (κ3) is 4.05. The molecule has 0 bridgehead atoms. The third-order valence-electron chi connectivity index (χ3n) is 6.17. The maximum Gasteiger partial charge on any atom is 0.290 e. The predicted molar refractivity (Wildman–Crippen MR) is 128 cm³/mol. The van der Waals surface area contributed by atoms with Gasteiger partial charge in [0.1, 0.15) is 5.82 Å². The van der Waals surface area contributed by atoms with Gasteiger partial charge in [-0.3, -0.25) is 9.59 Å². The zero-order valence-corrected chi connectivity index (χ0v) is 18.9. The van der Waals surface area contributed by atoms with Crippen molar-refractivity contribution < 1.29 is 28.2 Å². The number of rotatable bonds is 7. The van der Waals surface area contributed by atoms with E-state index in [0.29, 0.717) is 28.7 Å². The van der Waals surface area contributed by atoms with Gasteiger partial charge in [-0.05, 0) is 41.8 Å². The molecule has 1 atom stereocenters. The van der Waals surface area contributed by atoms with Gasteiger partial charge in [-0.1, -0.05) is 54.6 Å². The maximum atomic E-state index is 13.6. The van der Waals surface area contributed by atoms with E-state index in [-0.39, 0.29) is 23.7 Å². The summed E-state index contributed by atoms with van der Waals surface area (Å²) in [7, 11) is 1.51. The van der Waals surface area contributed by atoms with Crippen LogP contribution in [-0.4, -0.2) is 35.4 Å². The van der Waals surface area contributed by atoms with Crippen LogP contribution in [0.5, 0.6) is 5.75 Å². The number of fused-ring (bicyclic) bond motifs is 1. The van der Waals surface area contributed by atoms with Crippen molar-refractivity contribution in [1.82, 2.24) is 4.90 Å². The van der Waals surface area contributed by atoms with Crippen LogP contribution in [0.25, 0.3) is 11.0 Å². The number of nitrogens with zero attached hydrogens (tertiary/aromatic N) is 1. The SMILES string of the molecule is COc1cccc2cc(C(=O)C3=C(O)C(=O)N(CCc4ccc(F)cc4)C3c3ccccc3)oc12. The molecule has 1 unspecified atom stereocenters. The molecule has 1 aliphatic heterocycles. The van der Waals surface area contributed by atoms with E-state index < -0.39 is 23.5 Å². The van der Waals surface area contributed by atoms with E-state index >= 15 is 0 Å². The lowest BCUT2D eigenvalue weighted by Crippen LogP contribution is -2.33. The van der Waals surface area contributed by atoms with Gasteiger partial charge in [0.25, 0.3) is 5.91 Å². The number of ether oxygens (including phenoxy) is 1. The molecule has 35 heavy (non-hydrogen) atoms. The monoisotopic (exact) mass is 471 g/mol. The number of hydrogen-bond donors (Lipinski definition) is 1. The van der Waals surface area contributed by atoms with Crippen molar-refractivity contribution in [2.24, 2.45) is 0 Å². The Hall–Kier alpha value is -4.39. The number of carbonyl (C=O) groups is 2. The summed E-state index contributed by atoms with van der Waals surface area (Å²) < 4.78 is 24.4. The largest absolute Gasteiger partial charge is 0.503 e. The lowest BCUT2D eigenvalue weighted by atomic mass is 9.95. The molecular weight excluding hydrogens is 449 g/mol. The van der Waals surface area contributed by atoms with Crippen molar-refractivity contribution in [3.05, 3.63) is 113 Å². The van der Waals surface area contributed by atoms with Crippen molar-refractivity contribution in [2.75, 3.05) is 13.7 Å². The molecule has 0 radical (unpaired) electrons. The summed E-state index contributed by atoms with van der Waals surface area (Å²) in [4.78, 5) is 28.2. The molecule has 0 saturated carbocycles. The van der Waals surface area contributed by atoms with Gasteiger partial charge < -0.3 is 19.2 Å². The fraction of sp³-hybridized carbons (Fsp3) is 0.143. The lowest BCUT2D eigenvalue weighted by Gasteiger charge is -2.26. The molecule has 2 heterocycles. The number of amides is 1. The molecule has 1 aromatic heterocycles. The summed E-state index contributed by atoms with van der Waals surface area (Å²) in [5.41, 5.74) is 1.88. The molecule has 5 rings (SSSR count). The highest BCUT2D eigenvalue weighted by atomic mass is 19.1. The van der Waals surface area contributed by atoms with E-state index in [1.54, 1.807) is 48.5 Å². The number of methoxy groups -OCH3 is 1. The van der Waals surface area contributed by atoms with Crippen molar-refractivity contribution in [2.45, 2.75) is 12.5 Å². The number of halogens is 1. The van der Waals surface area contributed by atoms with Crippen LogP contribution in [0.3, 0.4) is 0 Å². The molecule has 7 heteroatoms. The number of hydrogen-bond acceptors (Lipinski definition) is 5. The predicted octanol–water partition coefficient (Wildman–Crippen LogP) is 5.40. The molecule has 0 saturated heterocycles. The van der Waals surface area contributed by atoms with Crippen LogP contribution in [0, 0.1) is 5.82 Å². The van der Waals surface area contributed by atoms with Gasteiger partial charge in [0.05, 0.1) is 18.7 Å². The Kier molecular flexibility index (Phi) is 5.82. The van der Waals surface area contributed by atoms with Gasteiger partial charge in [-0.25, -0.2) is 4.39 Å². The highest BCUT2D eigenvalue weighted by Crippen LogP contribution is 2.40. The highest BCUT2D eigenvalue weighted by molar-refractivity contribution is 6.16. The topological polar surface area (TPSA) is 80.0 Å². The van der Waals surface area contributed by atoms with Gasteiger partial charge >= 0.3 is 0 Å². The minimum absolute atomic E-state index is 0.000153.